The van der Waals surface area contributed by atoms with Crippen molar-refractivity contribution in [1.29, 1.82) is 0 Å². The quantitative estimate of drug-likeness (QED) is 0.787. The highest BCUT2D eigenvalue weighted by atomic mass is 16.6. The minimum atomic E-state index is -0.366. The molecule has 0 saturated carbocycles. The fourth-order valence-corrected chi connectivity index (χ4v) is 1.95. The Labute approximate surface area is 95.0 Å². The highest BCUT2D eigenvalue weighted by molar-refractivity contribution is 5.54. The molecule has 4 nitrogen and oxygen atoms in total. The van der Waals surface area contributed by atoms with Crippen molar-refractivity contribution in [3.63, 3.8) is 0 Å². The third-order valence-corrected chi connectivity index (χ3v) is 3.03. The summed E-state index contributed by atoms with van der Waals surface area (Å²) in [5.74, 6) is 1.53. The van der Waals surface area contributed by atoms with Crippen LogP contribution in [0.4, 0.5) is 0 Å². The Morgan fingerprint density at radius 2 is 2.00 bits per heavy atom. The molecule has 0 radical (unpaired) electrons. The van der Waals surface area contributed by atoms with Gasteiger partial charge in [0.15, 0.2) is 11.5 Å². The molecule has 1 aromatic rings. The van der Waals surface area contributed by atoms with Gasteiger partial charge < -0.3 is 20.3 Å². The molecule has 4 heteroatoms. The number of rotatable bonds is 2. The zero-order valence-corrected chi connectivity index (χ0v) is 9.62. The first kappa shape index (κ1) is 11.2. The van der Waals surface area contributed by atoms with Gasteiger partial charge in [-0.3, -0.25) is 0 Å². The summed E-state index contributed by atoms with van der Waals surface area (Å²) in [5.41, 5.74) is 8.87. The molecule has 1 aliphatic rings. The van der Waals surface area contributed by atoms with Crippen LogP contribution in [0.2, 0.25) is 0 Å². The molecule has 2 rings (SSSR count). The lowest BCUT2D eigenvalue weighted by Crippen LogP contribution is -2.20. The first-order chi connectivity index (χ1) is 7.65. The average molecular weight is 223 g/mol. The molecular formula is C12H17NO3. The van der Waals surface area contributed by atoms with Gasteiger partial charge in [0.1, 0.15) is 13.2 Å². The zero-order valence-electron chi connectivity index (χ0n) is 9.62. The minimum Gasteiger partial charge on any atom is -0.486 e. The number of hydrogen-bond donors (Lipinski definition) is 2. The lowest BCUT2D eigenvalue weighted by molar-refractivity contribution is 0.169. The molecule has 3 N–H and O–H groups in total. The highest BCUT2D eigenvalue weighted by Crippen LogP contribution is 2.38. The Bertz CT molecular complexity index is 404. The molecule has 1 aromatic carbocycles. The normalized spacial score (nSPS) is 16.0. The summed E-state index contributed by atoms with van der Waals surface area (Å²) in [4.78, 5) is 0. The van der Waals surface area contributed by atoms with E-state index in [1.807, 2.05) is 19.9 Å². The molecule has 0 aromatic heterocycles. The van der Waals surface area contributed by atoms with Crippen molar-refractivity contribution >= 4 is 0 Å². The smallest absolute Gasteiger partial charge is 0.164 e. The Hall–Kier alpha value is -1.26. The molecule has 0 amide bonds. The Morgan fingerprint density at radius 3 is 2.69 bits per heavy atom. The molecule has 88 valence electrons. The van der Waals surface area contributed by atoms with Gasteiger partial charge in [0.2, 0.25) is 0 Å². The summed E-state index contributed by atoms with van der Waals surface area (Å²) in [5, 5.41) is 9.11. The van der Waals surface area contributed by atoms with Gasteiger partial charge in [-0.25, -0.2) is 0 Å². The first-order valence-corrected chi connectivity index (χ1v) is 5.41. The molecule has 1 heterocycles. The van der Waals surface area contributed by atoms with E-state index >= 15 is 0 Å². The van der Waals surface area contributed by atoms with Gasteiger partial charge in [-0.2, -0.15) is 0 Å². The maximum atomic E-state index is 9.11. The van der Waals surface area contributed by atoms with E-state index in [4.69, 9.17) is 20.3 Å². The van der Waals surface area contributed by atoms with Gasteiger partial charge in [-0.1, -0.05) is 0 Å². The fourth-order valence-electron chi connectivity index (χ4n) is 1.95. The van der Waals surface area contributed by atoms with Crippen LogP contribution in [0.3, 0.4) is 0 Å². The lowest BCUT2D eigenvalue weighted by atomic mass is 9.96. The molecule has 0 spiro atoms. The van der Waals surface area contributed by atoms with Crippen molar-refractivity contribution in [2.75, 3.05) is 19.8 Å². The minimum absolute atomic E-state index is 0.0695. The van der Waals surface area contributed by atoms with Crippen molar-refractivity contribution in [3.05, 3.63) is 22.8 Å². The number of hydrogen-bond acceptors (Lipinski definition) is 4. The summed E-state index contributed by atoms with van der Waals surface area (Å²) in [6.07, 6.45) is 0. The number of aliphatic hydroxyl groups excluding tert-OH is 1. The van der Waals surface area contributed by atoms with Crippen LogP contribution in [0.25, 0.3) is 0 Å². The average Bonchev–Trinajstić information content (AvgIpc) is 2.33. The molecule has 0 fully saturated rings. The van der Waals surface area contributed by atoms with E-state index < -0.39 is 0 Å². The first-order valence-electron chi connectivity index (χ1n) is 5.41. The molecule has 0 saturated heterocycles. The van der Waals surface area contributed by atoms with Crippen LogP contribution in [-0.4, -0.2) is 24.9 Å². The van der Waals surface area contributed by atoms with Gasteiger partial charge in [-0.05, 0) is 36.6 Å². The predicted molar refractivity (Wildman–Crippen MR) is 60.9 cm³/mol. The number of aliphatic hydroxyl groups is 1. The summed E-state index contributed by atoms with van der Waals surface area (Å²) in [7, 11) is 0. The van der Waals surface area contributed by atoms with E-state index in [1.54, 1.807) is 0 Å². The third-order valence-electron chi connectivity index (χ3n) is 3.03. The summed E-state index contributed by atoms with van der Waals surface area (Å²) < 4.78 is 11.1. The Morgan fingerprint density at radius 1 is 1.31 bits per heavy atom. The second-order valence-corrected chi connectivity index (χ2v) is 4.03. The molecular weight excluding hydrogens is 206 g/mol. The largest absolute Gasteiger partial charge is 0.486 e. The molecule has 1 unspecified atom stereocenters. The van der Waals surface area contributed by atoms with Gasteiger partial charge in [0, 0.05) is 0 Å². The standard InChI is InChI=1S/C12H17NO3/c1-7-8(2)12-11(15-3-4-16-12)5-9(7)10(13)6-14/h5,10,14H,3-4,6,13H2,1-2H3. The van der Waals surface area contributed by atoms with Crippen LogP contribution in [0, 0.1) is 13.8 Å². The van der Waals surface area contributed by atoms with Crippen molar-refractivity contribution in [1.82, 2.24) is 0 Å². The fraction of sp³-hybridized carbons (Fsp3) is 0.500. The van der Waals surface area contributed by atoms with Crippen molar-refractivity contribution in [2.24, 2.45) is 5.73 Å². The van der Waals surface area contributed by atoms with E-state index in [9.17, 15) is 0 Å². The second-order valence-electron chi connectivity index (χ2n) is 4.03. The van der Waals surface area contributed by atoms with E-state index in [0.29, 0.717) is 13.2 Å². The zero-order chi connectivity index (χ0) is 11.7. The van der Waals surface area contributed by atoms with Crippen molar-refractivity contribution in [3.8, 4) is 11.5 Å². The van der Waals surface area contributed by atoms with Crippen LogP contribution in [0.15, 0.2) is 6.07 Å². The Kier molecular flexibility index (Phi) is 3.03. The predicted octanol–water partition coefficient (Wildman–Crippen LogP) is 1.07. The lowest BCUT2D eigenvalue weighted by Gasteiger charge is -2.24. The highest BCUT2D eigenvalue weighted by Gasteiger charge is 2.20. The second kappa shape index (κ2) is 4.31. The van der Waals surface area contributed by atoms with Gasteiger partial charge in [0.05, 0.1) is 12.6 Å². The van der Waals surface area contributed by atoms with Crippen LogP contribution in [-0.2, 0) is 0 Å². The van der Waals surface area contributed by atoms with E-state index in [2.05, 4.69) is 0 Å². The summed E-state index contributed by atoms with van der Waals surface area (Å²) in [6, 6.07) is 1.51. The molecule has 1 aliphatic heterocycles. The summed E-state index contributed by atoms with van der Waals surface area (Å²) in [6.45, 7) is 5.04. The molecule has 0 aliphatic carbocycles. The monoisotopic (exact) mass is 223 g/mol. The SMILES string of the molecule is Cc1c(C(N)CO)cc2c(c1C)OCCO2. The van der Waals surface area contributed by atoms with E-state index in [1.165, 1.54) is 0 Å². The van der Waals surface area contributed by atoms with Crippen molar-refractivity contribution in [2.45, 2.75) is 19.9 Å². The maximum Gasteiger partial charge on any atom is 0.164 e. The van der Waals surface area contributed by atoms with E-state index in [0.717, 1.165) is 28.2 Å². The van der Waals surface area contributed by atoms with Gasteiger partial charge >= 0.3 is 0 Å². The maximum absolute atomic E-state index is 9.11. The van der Waals surface area contributed by atoms with Crippen LogP contribution >= 0.6 is 0 Å². The molecule has 1 atom stereocenters. The topological polar surface area (TPSA) is 64.7 Å². The number of ether oxygens (including phenoxy) is 2. The Balaban J connectivity index is 2.52. The molecule has 0 bridgehead atoms. The number of benzene rings is 1. The number of nitrogens with two attached hydrogens (primary N) is 1. The van der Waals surface area contributed by atoms with Gasteiger partial charge in [-0.15, -0.1) is 0 Å². The third kappa shape index (κ3) is 1.74. The van der Waals surface area contributed by atoms with Crippen LogP contribution in [0.1, 0.15) is 22.7 Å². The van der Waals surface area contributed by atoms with Crippen LogP contribution < -0.4 is 15.2 Å². The van der Waals surface area contributed by atoms with Gasteiger partial charge in [0.25, 0.3) is 0 Å². The van der Waals surface area contributed by atoms with Crippen molar-refractivity contribution < 1.29 is 14.6 Å². The summed E-state index contributed by atoms with van der Waals surface area (Å²) >= 11 is 0. The molecule has 16 heavy (non-hydrogen) atoms. The van der Waals surface area contributed by atoms with Crippen LogP contribution in [0.5, 0.6) is 11.5 Å². The van der Waals surface area contributed by atoms with E-state index in [-0.39, 0.29) is 12.6 Å². The number of fused-ring (bicyclic) bond motifs is 1.